The van der Waals surface area contributed by atoms with Gasteiger partial charge in [-0.1, -0.05) is 12.1 Å². The Kier molecular flexibility index (Phi) is 5.10. The van der Waals surface area contributed by atoms with Gasteiger partial charge in [-0.25, -0.2) is 13.4 Å². The minimum atomic E-state index is -3.35. The molecule has 0 saturated carbocycles. The highest BCUT2D eigenvalue weighted by Gasteiger charge is 2.29. The number of nitrogens with zero attached hydrogens (tertiary/aromatic N) is 2. The Balaban J connectivity index is 1.40. The van der Waals surface area contributed by atoms with Crippen molar-refractivity contribution in [3.8, 4) is 0 Å². The fraction of sp³-hybridized carbons (Fsp3) is 0.316. The number of hydrogen-bond donors (Lipinski definition) is 2. The molecule has 28 heavy (non-hydrogen) atoms. The monoisotopic (exact) mass is 400 g/mol. The van der Waals surface area contributed by atoms with Gasteiger partial charge in [0.05, 0.1) is 21.9 Å². The summed E-state index contributed by atoms with van der Waals surface area (Å²) in [5, 5.41) is 9.80. The average molecular weight is 400 g/mol. The molecule has 2 N–H and O–H groups in total. The highest BCUT2D eigenvalue weighted by Crippen LogP contribution is 2.24. The Bertz CT molecular complexity index is 1090. The maximum absolute atomic E-state index is 12.7. The lowest BCUT2D eigenvalue weighted by molar-refractivity contribution is 0.0950. The molecule has 1 aromatic carbocycles. The van der Waals surface area contributed by atoms with Crippen LogP contribution in [0.2, 0.25) is 0 Å². The molecule has 0 radical (unpaired) electrons. The van der Waals surface area contributed by atoms with Gasteiger partial charge >= 0.3 is 0 Å². The van der Waals surface area contributed by atoms with E-state index in [1.54, 1.807) is 36.5 Å². The van der Waals surface area contributed by atoms with Gasteiger partial charge in [-0.2, -0.15) is 5.10 Å². The maximum Gasteiger partial charge on any atom is 0.253 e. The van der Waals surface area contributed by atoms with Crippen LogP contribution < -0.4 is 5.32 Å². The van der Waals surface area contributed by atoms with Gasteiger partial charge in [0.15, 0.2) is 15.5 Å². The van der Waals surface area contributed by atoms with E-state index in [-0.39, 0.29) is 5.91 Å². The molecule has 1 amide bonds. The third-order valence-electron chi connectivity index (χ3n) is 4.87. The second-order valence-corrected chi connectivity index (χ2v) is 8.94. The van der Waals surface area contributed by atoms with Crippen molar-refractivity contribution >= 4 is 26.8 Å². The van der Waals surface area contributed by atoms with Crippen LogP contribution in [-0.4, -0.2) is 48.0 Å². The van der Waals surface area contributed by atoms with E-state index in [9.17, 15) is 13.2 Å². The molecule has 4 rings (SSSR count). The Labute approximate surface area is 162 Å². The van der Waals surface area contributed by atoms with Crippen LogP contribution in [0.5, 0.6) is 0 Å². The lowest BCUT2D eigenvalue weighted by Gasteiger charge is -2.22. The zero-order valence-corrected chi connectivity index (χ0v) is 15.9. The molecule has 8 nitrogen and oxygen atoms in total. The van der Waals surface area contributed by atoms with Crippen LogP contribution in [0, 0.1) is 0 Å². The van der Waals surface area contributed by atoms with Gasteiger partial charge in [0.2, 0.25) is 0 Å². The standard InChI is InChI=1S/C19H20N4O4S/c24-19(15-9-14-12-22-23-18(14)20-11-15)21-10-13-1-3-16(4-2-13)28(25,26)17-5-7-27-8-6-17/h1-4,9,11-12,17H,5-8,10H2,(H,21,24)(H,20,22,23). The van der Waals surface area contributed by atoms with E-state index in [0.29, 0.717) is 48.7 Å². The zero-order chi connectivity index (χ0) is 19.6. The minimum Gasteiger partial charge on any atom is -0.381 e. The molecule has 0 unspecified atom stereocenters. The normalized spacial score (nSPS) is 15.6. The number of hydrogen-bond acceptors (Lipinski definition) is 6. The second-order valence-electron chi connectivity index (χ2n) is 6.72. The summed E-state index contributed by atoms with van der Waals surface area (Å²) in [6.45, 7) is 1.25. The molecule has 146 valence electrons. The van der Waals surface area contributed by atoms with Crippen molar-refractivity contribution in [2.75, 3.05) is 13.2 Å². The van der Waals surface area contributed by atoms with Crippen LogP contribution in [0.15, 0.2) is 47.6 Å². The lowest BCUT2D eigenvalue weighted by Crippen LogP contribution is -2.29. The van der Waals surface area contributed by atoms with Gasteiger partial charge in [0, 0.05) is 31.3 Å². The first-order valence-corrected chi connectivity index (χ1v) is 10.6. The molecule has 3 heterocycles. The number of sulfone groups is 1. The van der Waals surface area contributed by atoms with Gasteiger partial charge in [0.1, 0.15) is 0 Å². The molecule has 0 aliphatic carbocycles. The fourth-order valence-corrected chi connectivity index (χ4v) is 4.93. The minimum absolute atomic E-state index is 0.255. The molecule has 0 spiro atoms. The fourth-order valence-electron chi connectivity index (χ4n) is 3.22. The van der Waals surface area contributed by atoms with Gasteiger partial charge in [0.25, 0.3) is 5.91 Å². The third-order valence-corrected chi connectivity index (χ3v) is 7.14. The zero-order valence-electron chi connectivity index (χ0n) is 15.1. The first kappa shape index (κ1) is 18.6. The molecule has 1 saturated heterocycles. The van der Waals surface area contributed by atoms with Gasteiger partial charge < -0.3 is 10.1 Å². The summed E-state index contributed by atoms with van der Waals surface area (Å²) < 4.78 is 30.6. The van der Waals surface area contributed by atoms with E-state index in [2.05, 4.69) is 20.5 Å². The first-order chi connectivity index (χ1) is 13.5. The Morgan fingerprint density at radius 2 is 1.93 bits per heavy atom. The number of aromatic nitrogens is 3. The van der Waals surface area contributed by atoms with Crippen molar-refractivity contribution in [3.05, 3.63) is 53.9 Å². The number of ether oxygens (including phenoxy) is 1. The van der Waals surface area contributed by atoms with Crippen LogP contribution >= 0.6 is 0 Å². The van der Waals surface area contributed by atoms with Crippen molar-refractivity contribution < 1.29 is 17.9 Å². The smallest absolute Gasteiger partial charge is 0.253 e. The summed E-state index contributed by atoms with van der Waals surface area (Å²) in [5.41, 5.74) is 1.88. The van der Waals surface area contributed by atoms with Crippen LogP contribution in [0.25, 0.3) is 11.0 Å². The maximum atomic E-state index is 12.7. The molecular weight excluding hydrogens is 380 g/mol. The third kappa shape index (κ3) is 3.76. The van der Waals surface area contributed by atoms with Crippen molar-refractivity contribution in [1.82, 2.24) is 20.5 Å². The van der Waals surface area contributed by atoms with E-state index in [1.165, 1.54) is 6.20 Å². The van der Waals surface area contributed by atoms with Gasteiger partial charge in [-0.15, -0.1) is 0 Å². The number of aromatic amines is 1. The van der Waals surface area contributed by atoms with Gasteiger partial charge in [-0.05, 0) is 36.6 Å². The summed E-state index contributed by atoms with van der Waals surface area (Å²) in [6.07, 6.45) is 4.14. The number of amides is 1. The van der Waals surface area contributed by atoms with Crippen LogP contribution in [0.3, 0.4) is 0 Å². The highest BCUT2D eigenvalue weighted by molar-refractivity contribution is 7.92. The molecule has 9 heteroatoms. The summed E-state index contributed by atoms with van der Waals surface area (Å²) >= 11 is 0. The number of rotatable bonds is 5. The average Bonchev–Trinajstić information content (AvgIpc) is 3.21. The van der Waals surface area contributed by atoms with E-state index in [4.69, 9.17) is 4.74 Å². The Morgan fingerprint density at radius 3 is 2.68 bits per heavy atom. The summed E-state index contributed by atoms with van der Waals surface area (Å²) in [6, 6.07) is 8.37. The SMILES string of the molecule is O=C(NCc1ccc(S(=O)(=O)C2CCOCC2)cc1)c1cnc2[nH]ncc2c1. The molecular formula is C19H20N4O4S. The molecule has 3 aromatic rings. The van der Waals surface area contributed by atoms with E-state index in [0.717, 1.165) is 10.9 Å². The van der Waals surface area contributed by atoms with E-state index < -0.39 is 15.1 Å². The van der Waals surface area contributed by atoms with E-state index in [1.807, 2.05) is 0 Å². The van der Waals surface area contributed by atoms with Crippen molar-refractivity contribution in [2.45, 2.75) is 29.5 Å². The highest BCUT2D eigenvalue weighted by atomic mass is 32.2. The van der Waals surface area contributed by atoms with Crippen LogP contribution in [-0.2, 0) is 21.1 Å². The Hall–Kier alpha value is -2.78. The predicted molar refractivity (Wildman–Crippen MR) is 103 cm³/mol. The predicted octanol–water partition coefficient (Wildman–Crippen LogP) is 1.84. The van der Waals surface area contributed by atoms with Crippen LogP contribution in [0.1, 0.15) is 28.8 Å². The van der Waals surface area contributed by atoms with Crippen molar-refractivity contribution in [2.24, 2.45) is 0 Å². The quantitative estimate of drug-likeness (QED) is 0.675. The summed E-state index contributed by atoms with van der Waals surface area (Å²) in [4.78, 5) is 16.8. The number of H-pyrrole nitrogens is 1. The second kappa shape index (κ2) is 7.69. The topological polar surface area (TPSA) is 114 Å². The molecule has 1 aliphatic heterocycles. The number of benzene rings is 1. The molecule has 0 atom stereocenters. The number of pyridine rings is 1. The number of fused-ring (bicyclic) bond motifs is 1. The van der Waals surface area contributed by atoms with E-state index >= 15 is 0 Å². The molecule has 1 aliphatic rings. The molecule has 1 fully saturated rings. The lowest BCUT2D eigenvalue weighted by atomic mass is 10.2. The number of carbonyl (C=O) groups is 1. The molecule has 2 aromatic heterocycles. The van der Waals surface area contributed by atoms with Crippen LogP contribution in [0.4, 0.5) is 0 Å². The Morgan fingerprint density at radius 1 is 1.18 bits per heavy atom. The van der Waals surface area contributed by atoms with Crippen molar-refractivity contribution in [1.29, 1.82) is 0 Å². The van der Waals surface area contributed by atoms with Gasteiger partial charge in [-0.3, -0.25) is 9.89 Å². The number of nitrogens with one attached hydrogen (secondary N) is 2. The first-order valence-electron chi connectivity index (χ1n) is 9.02. The number of carbonyl (C=O) groups excluding carboxylic acids is 1. The summed E-state index contributed by atoms with van der Waals surface area (Å²) in [5.74, 6) is -0.255. The van der Waals surface area contributed by atoms with Crippen molar-refractivity contribution in [3.63, 3.8) is 0 Å². The largest absolute Gasteiger partial charge is 0.381 e. The summed E-state index contributed by atoms with van der Waals surface area (Å²) in [7, 11) is -3.35. The molecule has 0 bridgehead atoms.